The van der Waals surface area contributed by atoms with Gasteiger partial charge in [0.25, 0.3) is 17.9 Å². The molecule has 7 rings (SSSR count). The van der Waals surface area contributed by atoms with Gasteiger partial charge in [0.15, 0.2) is 6.73 Å². The van der Waals surface area contributed by atoms with Gasteiger partial charge in [-0.15, -0.1) is 11.3 Å². The standard InChI is InChI=1S/C47H43N3O6S3/c1-2-3-4-11-25-48-39-23-19-32(13-12-18-41-44(54)50(30-56-31-51)46(58-41)43-45(55)49(29-42(52)53)47(57)59-43)26-36(39)21-22-37-27-33(20-24-40(37)48)28-38(34-14-7-5-8-15-34)35-16-9-6-10-17-35/h5-10,12-20,23-24,26-28,31H,2-4,11,21-22,25,29-30H2,1H3,(H,52,53). The van der Waals surface area contributed by atoms with E-state index in [0.29, 0.717) is 4.53 Å². The predicted molar refractivity (Wildman–Crippen MR) is 243 cm³/mol. The molecule has 300 valence electrons. The number of nitrogens with zero attached hydrogens (tertiary/aromatic N) is 3. The highest BCUT2D eigenvalue weighted by atomic mass is 32.2. The molecule has 0 saturated carbocycles. The number of anilines is 2. The number of carbonyl (C=O) groups is 3. The summed E-state index contributed by atoms with van der Waals surface area (Å²) < 4.78 is 6.72. The minimum absolute atomic E-state index is 0.0740. The van der Waals surface area contributed by atoms with Gasteiger partial charge in [0, 0.05) is 17.9 Å². The summed E-state index contributed by atoms with van der Waals surface area (Å²) in [7, 11) is 0. The lowest BCUT2D eigenvalue weighted by Gasteiger charge is -2.27. The van der Waals surface area contributed by atoms with E-state index in [0.717, 1.165) is 64.9 Å². The second kappa shape index (κ2) is 19.3. The fourth-order valence-corrected chi connectivity index (χ4v) is 9.83. The van der Waals surface area contributed by atoms with Crippen LogP contribution in [0.4, 0.5) is 11.4 Å². The van der Waals surface area contributed by atoms with Gasteiger partial charge in [-0.2, -0.15) is 0 Å². The number of aromatic nitrogens is 1. The smallest absolute Gasteiger partial charge is 0.323 e. The number of carbonyl (C=O) groups excluding carboxylic acids is 2. The first-order chi connectivity index (χ1) is 28.7. The Hall–Kier alpha value is -5.82. The summed E-state index contributed by atoms with van der Waals surface area (Å²) in [6.45, 7) is 2.36. The molecule has 0 bridgehead atoms. The summed E-state index contributed by atoms with van der Waals surface area (Å²) in [6, 6.07) is 34.4. The number of fused-ring (bicyclic) bond motifs is 2. The second-order valence-corrected chi connectivity index (χ2v) is 16.9. The molecule has 5 aromatic rings. The van der Waals surface area contributed by atoms with Gasteiger partial charge in [0.05, 0.1) is 4.53 Å². The Labute approximate surface area is 356 Å². The molecule has 12 heteroatoms. The van der Waals surface area contributed by atoms with Crippen LogP contribution in [-0.2, 0) is 38.7 Å². The number of aryl methyl sites for hydroxylation is 2. The number of ether oxygens (including phenoxy) is 1. The van der Waals surface area contributed by atoms with Crippen LogP contribution in [-0.4, -0.2) is 50.3 Å². The molecule has 9 nitrogen and oxygen atoms in total. The molecule has 2 aliphatic rings. The Kier molecular flexibility index (Phi) is 13.5. The number of carboxylic acid groups (broad SMARTS) is 1. The molecule has 59 heavy (non-hydrogen) atoms. The molecule has 0 atom stereocenters. The van der Waals surface area contributed by atoms with Crippen LogP contribution in [0.15, 0.2) is 108 Å². The van der Waals surface area contributed by atoms with Gasteiger partial charge < -0.3 is 14.7 Å². The number of hydrogen-bond donors (Lipinski definition) is 1. The summed E-state index contributed by atoms with van der Waals surface area (Å²) in [6.07, 6.45) is 14.1. The lowest BCUT2D eigenvalue weighted by Crippen LogP contribution is -2.36. The van der Waals surface area contributed by atoms with Crippen molar-refractivity contribution in [2.45, 2.75) is 52.2 Å². The van der Waals surface area contributed by atoms with Gasteiger partial charge in [-0.3, -0.25) is 28.6 Å². The number of aliphatic carboxylic acids is 1. The quantitative estimate of drug-likeness (QED) is 0.0486. The van der Waals surface area contributed by atoms with Crippen LogP contribution in [0.2, 0.25) is 0 Å². The Morgan fingerprint density at radius 3 is 2.12 bits per heavy atom. The van der Waals surface area contributed by atoms with Crippen molar-refractivity contribution in [1.82, 2.24) is 9.47 Å². The van der Waals surface area contributed by atoms with E-state index < -0.39 is 30.7 Å². The predicted octanol–water partition coefficient (Wildman–Crippen LogP) is 7.99. The number of allylic oxidation sites excluding steroid dienone is 1. The normalized spacial score (nSPS) is 15.0. The van der Waals surface area contributed by atoms with Gasteiger partial charge in [0.2, 0.25) is 0 Å². The van der Waals surface area contributed by atoms with Crippen molar-refractivity contribution < 1.29 is 24.2 Å². The van der Waals surface area contributed by atoms with Crippen molar-refractivity contribution in [1.29, 1.82) is 0 Å². The topological polar surface area (TPSA) is 109 Å². The molecule has 4 aromatic carbocycles. The van der Waals surface area contributed by atoms with Crippen molar-refractivity contribution >= 4 is 98.1 Å². The van der Waals surface area contributed by atoms with E-state index in [4.69, 9.17) is 17.0 Å². The van der Waals surface area contributed by atoms with Crippen molar-refractivity contribution in [3.63, 3.8) is 0 Å². The van der Waals surface area contributed by atoms with Gasteiger partial charge in [0.1, 0.15) is 20.4 Å². The molecule has 1 N–H and O–H groups in total. The monoisotopic (exact) mass is 841 g/mol. The zero-order valence-corrected chi connectivity index (χ0v) is 35.0. The number of thiocarbonyl (C=S) groups is 1. The number of hydrogen-bond acceptors (Lipinski definition) is 9. The van der Waals surface area contributed by atoms with Gasteiger partial charge in [-0.25, -0.2) is 0 Å². The number of thioether (sulfide) groups is 1. The molecule has 3 heterocycles. The SMILES string of the molecule is CCCCCCN1c2ccc(C=CC=c3sc(=C4SC(=S)N(CC(=O)O)C4=O)n(COC=O)c3=O)cc2CCc2cc(C=C(c3ccccc3)c3ccccc3)ccc21. The third-order valence-corrected chi connectivity index (χ3v) is 12.9. The number of carboxylic acids is 1. The summed E-state index contributed by atoms with van der Waals surface area (Å²) >= 11 is 7.23. The minimum Gasteiger partial charge on any atom is -0.480 e. The largest absolute Gasteiger partial charge is 0.480 e. The second-order valence-electron chi connectivity index (χ2n) is 14.2. The van der Waals surface area contributed by atoms with Crippen LogP contribution in [0.25, 0.3) is 28.7 Å². The summed E-state index contributed by atoms with van der Waals surface area (Å²) in [5.74, 6) is -1.83. The van der Waals surface area contributed by atoms with Gasteiger partial charge in [-0.1, -0.05) is 135 Å². The highest BCUT2D eigenvalue weighted by Crippen LogP contribution is 2.38. The molecule has 0 unspecified atom stereocenters. The molecule has 0 radical (unpaired) electrons. The Balaban J connectivity index is 1.20. The van der Waals surface area contributed by atoms with Crippen molar-refractivity contribution in [2.24, 2.45) is 0 Å². The van der Waals surface area contributed by atoms with Crippen LogP contribution in [0.3, 0.4) is 0 Å². The van der Waals surface area contributed by atoms with Crippen LogP contribution in [0, 0.1) is 0 Å². The number of rotatable bonds is 15. The number of amides is 1. The van der Waals surface area contributed by atoms with E-state index in [1.165, 1.54) is 63.0 Å². The zero-order valence-electron chi connectivity index (χ0n) is 32.5. The number of benzene rings is 4. The molecule has 0 spiro atoms. The lowest BCUT2D eigenvalue weighted by molar-refractivity contribution is -0.140. The number of unbranched alkanes of at least 4 members (excludes halogenated alkanes) is 3. The van der Waals surface area contributed by atoms with E-state index in [-0.39, 0.29) is 20.4 Å². The van der Waals surface area contributed by atoms with E-state index >= 15 is 0 Å². The van der Waals surface area contributed by atoms with E-state index in [1.54, 1.807) is 12.2 Å². The van der Waals surface area contributed by atoms with Gasteiger partial charge >= 0.3 is 5.97 Å². The average Bonchev–Trinajstić information content (AvgIpc) is 3.64. The Morgan fingerprint density at radius 1 is 0.847 bits per heavy atom. The maximum absolute atomic E-state index is 13.5. The fraction of sp³-hybridized carbons (Fsp3) is 0.213. The average molecular weight is 842 g/mol. The van der Waals surface area contributed by atoms with E-state index in [2.05, 4.69) is 103 Å². The molecule has 0 aliphatic carbocycles. The first kappa shape index (κ1) is 41.3. The third kappa shape index (κ3) is 9.57. The summed E-state index contributed by atoms with van der Waals surface area (Å²) in [4.78, 5) is 52.6. The maximum Gasteiger partial charge on any atom is 0.323 e. The molecule has 2 aliphatic heterocycles. The van der Waals surface area contributed by atoms with Crippen LogP contribution < -0.4 is 19.7 Å². The molecule has 1 amide bonds. The first-order valence-electron chi connectivity index (χ1n) is 19.5. The van der Waals surface area contributed by atoms with Crippen LogP contribution in [0.1, 0.15) is 66.0 Å². The van der Waals surface area contributed by atoms with E-state index in [9.17, 15) is 24.3 Å². The maximum atomic E-state index is 13.5. The summed E-state index contributed by atoms with van der Waals surface area (Å²) in [5, 5.41) is 9.26. The third-order valence-electron chi connectivity index (χ3n) is 10.2. The van der Waals surface area contributed by atoms with Crippen LogP contribution in [0.5, 0.6) is 0 Å². The molecular formula is C47H43N3O6S3. The molecule has 1 aromatic heterocycles. The number of thiazole rings is 1. The van der Waals surface area contributed by atoms with Crippen LogP contribution >= 0.6 is 35.3 Å². The van der Waals surface area contributed by atoms with Crippen molar-refractivity contribution in [3.8, 4) is 0 Å². The minimum atomic E-state index is -1.21. The van der Waals surface area contributed by atoms with Gasteiger partial charge in [-0.05, 0) is 94.6 Å². The highest BCUT2D eigenvalue weighted by molar-refractivity contribution is 8.30. The first-order valence-corrected chi connectivity index (χ1v) is 21.6. The Bertz CT molecular complexity index is 2590. The zero-order chi connectivity index (χ0) is 41.3. The van der Waals surface area contributed by atoms with Crippen molar-refractivity contribution in [3.05, 3.63) is 156 Å². The Morgan fingerprint density at radius 2 is 1.49 bits per heavy atom. The highest BCUT2D eigenvalue weighted by Gasteiger charge is 2.35. The molecular weight excluding hydrogens is 799 g/mol. The van der Waals surface area contributed by atoms with Crippen molar-refractivity contribution in [2.75, 3.05) is 18.0 Å². The summed E-state index contributed by atoms with van der Waals surface area (Å²) in [5.41, 5.74) is 10.2. The molecule has 1 fully saturated rings. The molecule has 1 saturated heterocycles. The van der Waals surface area contributed by atoms with E-state index in [1.807, 2.05) is 18.2 Å². The fourth-order valence-electron chi connectivity index (χ4n) is 7.37. The lowest BCUT2D eigenvalue weighted by atomic mass is 9.94.